The first kappa shape index (κ1) is 13.7. The molecular formula is C14H19ClO3. The maximum Gasteiger partial charge on any atom is 0.137 e. The van der Waals surface area contributed by atoms with Crippen molar-refractivity contribution in [3.63, 3.8) is 0 Å². The van der Waals surface area contributed by atoms with Crippen LogP contribution in [0.2, 0.25) is 5.02 Å². The van der Waals surface area contributed by atoms with Crippen molar-refractivity contribution >= 4 is 11.6 Å². The van der Waals surface area contributed by atoms with Gasteiger partial charge in [0.15, 0.2) is 0 Å². The van der Waals surface area contributed by atoms with E-state index in [1.807, 2.05) is 18.2 Å². The molecule has 1 heterocycles. The summed E-state index contributed by atoms with van der Waals surface area (Å²) in [5.41, 5.74) is 0. The summed E-state index contributed by atoms with van der Waals surface area (Å²) in [5, 5.41) is 10.1. The van der Waals surface area contributed by atoms with E-state index in [1.54, 1.807) is 6.07 Å². The van der Waals surface area contributed by atoms with Crippen LogP contribution in [-0.2, 0) is 4.74 Å². The second-order valence-electron chi connectivity index (χ2n) is 4.63. The van der Waals surface area contributed by atoms with E-state index in [4.69, 9.17) is 21.1 Å². The smallest absolute Gasteiger partial charge is 0.137 e. The van der Waals surface area contributed by atoms with Crippen LogP contribution in [0.1, 0.15) is 12.8 Å². The molecule has 0 aliphatic carbocycles. The number of halogens is 1. The lowest BCUT2D eigenvalue weighted by atomic mass is 9.87. The first-order valence-electron chi connectivity index (χ1n) is 6.37. The Morgan fingerprint density at radius 3 is 2.72 bits per heavy atom. The zero-order chi connectivity index (χ0) is 12.8. The molecule has 1 N–H and O–H groups in total. The van der Waals surface area contributed by atoms with Gasteiger partial charge in [0.2, 0.25) is 0 Å². The zero-order valence-corrected chi connectivity index (χ0v) is 11.1. The summed E-state index contributed by atoms with van der Waals surface area (Å²) in [6, 6.07) is 7.42. The number of hydrogen-bond acceptors (Lipinski definition) is 3. The first-order valence-corrected chi connectivity index (χ1v) is 6.75. The molecule has 1 fully saturated rings. The van der Waals surface area contributed by atoms with Gasteiger partial charge in [-0.3, -0.25) is 0 Å². The Morgan fingerprint density at radius 2 is 2.06 bits per heavy atom. The molecule has 0 radical (unpaired) electrons. The molecule has 0 saturated carbocycles. The van der Waals surface area contributed by atoms with E-state index in [-0.39, 0.29) is 12.5 Å². The molecule has 1 aliphatic rings. The molecule has 0 bridgehead atoms. The summed E-state index contributed by atoms with van der Waals surface area (Å²) in [6.45, 7) is 2.22. The number of para-hydroxylation sites is 1. The fraction of sp³-hybridized carbons (Fsp3) is 0.571. The maximum atomic E-state index is 9.47. The minimum Gasteiger partial charge on any atom is -0.492 e. The quantitative estimate of drug-likeness (QED) is 0.894. The topological polar surface area (TPSA) is 38.7 Å². The number of ether oxygens (including phenoxy) is 2. The molecule has 2 rings (SSSR count). The molecule has 1 aromatic rings. The van der Waals surface area contributed by atoms with Gasteiger partial charge in [0.25, 0.3) is 0 Å². The van der Waals surface area contributed by atoms with E-state index in [0.717, 1.165) is 26.1 Å². The Kier molecular flexibility index (Phi) is 5.29. The van der Waals surface area contributed by atoms with Crippen molar-refractivity contribution in [1.82, 2.24) is 0 Å². The predicted molar refractivity (Wildman–Crippen MR) is 71.1 cm³/mol. The van der Waals surface area contributed by atoms with Crippen LogP contribution in [0.3, 0.4) is 0 Å². The highest BCUT2D eigenvalue weighted by atomic mass is 35.5. The summed E-state index contributed by atoms with van der Waals surface area (Å²) in [4.78, 5) is 0. The fourth-order valence-electron chi connectivity index (χ4n) is 2.28. The monoisotopic (exact) mass is 270 g/mol. The predicted octanol–water partition coefficient (Wildman–Crippen LogP) is 2.75. The van der Waals surface area contributed by atoms with Crippen LogP contribution >= 0.6 is 11.6 Å². The van der Waals surface area contributed by atoms with Gasteiger partial charge in [0.05, 0.1) is 11.6 Å². The van der Waals surface area contributed by atoms with Crippen LogP contribution in [-0.4, -0.2) is 31.5 Å². The van der Waals surface area contributed by atoms with Crippen molar-refractivity contribution < 1.29 is 14.6 Å². The Hall–Kier alpha value is -0.770. The van der Waals surface area contributed by atoms with Gasteiger partial charge in [0, 0.05) is 25.7 Å². The highest BCUT2D eigenvalue weighted by molar-refractivity contribution is 6.32. The largest absolute Gasteiger partial charge is 0.492 e. The highest BCUT2D eigenvalue weighted by Gasteiger charge is 2.24. The standard InChI is InChI=1S/C14H19ClO3/c15-13-3-1-2-4-14(13)18-10-12(9-16)11-5-7-17-8-6-11/h1-4,11-12,16H,5-10H2. The van der Waals surface area contributed by atoms with Crippen LogP contribution in [0.4, 0.5) is 0 Å². The summed E-state index contributed by atoms with van der Waals surface area (Å²) >= 11 is 6.03. The number of aliphatic hydroxyl groups excluding tert-OH is 1. The van der Waals surface area contributed by atoms with E-state index in [2.05, 4.69) is 0 Å². The number of benzene rings is 1. The molecule has 1 aliphatic heterocycles. The lowest BCUT2D eigenvalue weighted by molar-refractivity contribution is 0.0199. The van der Waals surface area contributed by atoms with Crippen LogP contribution in [0, 0.1) is 11.8 Å². The molecule has 18 heavy (non-hydrogen) atoms. The van der Waals surface area contributed by atoms with Crippen molar-refractivity contribution in [2.75, 3.05) is 26.4 Å². The van der Waals surface area contributed by atoms with E-state index in [9.17, 15) is 5.11 Å². The summed E-state index contributed by atoms with van der Waals surface area (Å²) < 4.78 is 11.0. The van der Waals surface area contributed by atoms with Gasteiger partial charge in [-0.25, -0.2) is 0 Å². The van der Waals surface area contributed by atoms with E-state index >= 15 is 0 Å². The third-order valence-corrected chi connectivity index (χ3v) is 3.77. The molecule has 1 aromatic carbocycles. The SMILES string of the molecule is OCC(COc1ccccc1Cl)C1CCOCC1. The van der Waals surface area contributed by atoms with Crippen molar-refractivity contribution in [3.05, 3.63) is 29.3 Å². The van der Waals surface area contributed by atoms with Gasteiger partial charge in [-0.1, -0.05) is 23.7 Å². The molecule has 1 unspecified atom stereocenters. The van der Waals surface area contributed by atoms with Gasteiger partial charge in [0.1, 0.15) is 5.75 Å². The average molecular weight is 271 g/mol. The lowest BCUT2D eigenvalue weighted by Crippen LogP contribution is -2.30. The van der Waals surface area contributed by atoms with Gasteiger partial charge < -0.3 is 14.6 Å². The Labute approximate surface area is 113 Å². The molecule has 0 amide bonds. The van der Waals surface area contributed by atoms with Crippen molar-refractivity contribution in [2.45, 2.75) is 12.8 Å². The van der Waals surface area contributed by atoms with Crippen LogP contribution in [0.5, 0.6) is 5.75 Å². The molecular weight excluding hydrogens is 252 g/mol. The Bertz CT molecular complexity index is 364. The van der Waals surface area contributed by atoms with Gasteiger partial charge in [-0.15, -0.1) is 0 Å². The summed E-state index contributed by atoms with van der Waals surface area (Å²) in [5.74, 6) is 1.32. The highest BCUT2D eigenvalue weighted by Crippen LogP contribution is 2.27. The molecule has 0 aromatic heterocycles. The second kappa shape index (κ2) is 6.98. The van der Waals surface area contributed by atoms with E-state index < -0.39 is 0 Å². The number of aliphatic hydroxyl groups is 1. The number of hydrogen-bond donors (Lipinski definition) is 1. The minimum atomic E-state index is 0.148. The third kappa shape index (κ3) is 3.61. The van der Waals surface area contributed by atoms with E-state index in [1.165, 1.54) is 0 Å². The summed E-state index contributed by atoms with van der Waals surface area (Å²) in [6.07, 6.45) is 1.99. The zero-order valence-electron chi connectivity index (χ0n) is 10.3. The first-order chi connectivity index (χ1) is 8.81. The number of rotatable bonds is 5. The van der Waals surface area contributed by atoms with Gasteiger partial charge in [-0.05, 0) is 30.9 Å². The summed E-state index contributed by atoms with van der Waals surface area (Å²) in [7, 11) is 0. The maximum absolute atomic E-state index is 9.47. The molecule has 3 nitrogen and oxygen atoms in total. The molecule has 0 spiro atoms. The van der Waals surface area contributed by atoms with Crippen molar-refractivity contribution in [3.8, 4) is 5.75 Å². The Balaban J connectivity index is 1.88. The fourth-order valence-corrected chi connectivity index (χ4v) is 2.47. The molecule has 4 heteroatoms. The lowest BCUT2D eigenvalue weighted by Gasteiger charge is -2.29. The average Bonchev–Trinajstić information content (AvgIpc) is 2.42. The second-order valence-corrected chi connectivity index (χ2v) is 5.04. The van der Waals surface area contributed by atoms with Crippen LogP contribution in [0.25, 0.3) is 0 Å². The molecule has 1 saturated heterocycles. The van der Waals surface area contributed by atoms with Gasteiger partial charge >= 0.3 is 0 Å². The van der Waals surface area contributed by atoms with E-state index in [0.29, 0.717) is 23.3 Å². The van der Waals surface area contributed by atoms with Crippen LogP contribution < -0.4 is 4.74 Å². The Morgan fingerprint density at radius 1 is 1.33 bits per heavy atom. The minimum absolute atomic E-state index is 0.148. The molecule has 1 atom stereocenters. The molecule has 100 valence electrons. The van der Waals surface area contributed by atoms with Crippen LogP contribution in [0.15, 0.2) is 24.3 Å². The van der Waals surface area contributed by atoms with Gasteiger partial charge in [-0.2, -0.15) is 0 Å². The van der Waals surface area contributed by atoms with Crippen molar-refractivity contribution in [2.24, 2.45) is 11.8 Å². The third-order valence-electron chi connectivity index (χ3n) is 3.46. The normalized spacial score (nSPS) is 18.6. The van der Waals surface area contributed by atoms with Crippen molar-refractivity contribution in [1.29, 1.82) is 0 Å².